The number of fused-ring (bicyclic) bond motifs is 1. The van der Waals surface area contributed by atoms with E-state index < -0.39 is 17.6 Å². The lowest BCUT2D eigenvalue weighted by molar-refractivity contribution is 0.00589. The molecule has 4 aromatic rings. The number of imidazole rings is 1. The number of hydrogen-bond donors (Lipinski definition) is 2. The van der Waals surface area contributed by atoms with Crippen LogP contribution in [0.3, 0.4) is 0 Å². The van der Waals surface area contributed by atoms with Crippen molar-refractivity contribution in [2.24, 2.45) is 0 Å². The number of carboxylic acids is 1. The Bertz CT molecular complexity index is 1600. The van der Waals surface area contributed by atoms with E-state index in [9.17, 15) is 24.6 Å². The number of aliphatic hydroxyl groups is 1. The van der Waals surface area contributed by atoms with Crippen LogP contribution in [0, 0.1) is 0 Å². The second kappa shape index (κ2) is 8.04. The van der Waals surface area contributed by atoms with Gasteiger partial charge >= 0.3 is 11.7 Å². The third kappa shape index (κ3) is 3.42. The molecule has 2 aromatic carbocycles. The Morgan fingerprint density at radius 1 is 1.03 bits per heavy atom. The highest BCUT2D eigenvalue weighted by atomic mass is 35.5. The molecular formula is C26H21ClN4O5. The lowest BCUT2D eigenvalue weighted by Crippen LogP contribution is -2.53. The Labute approximate surface area is 209 Å². The van der Waals surface area contributed by atoms with Crippen molar-refractivity contribution in [2.75, 3.05) is 13.1 Å². The van der Waals surface area contributed by atoms with E-state index in [1.165, 1.54) is 16.8 Å². The largest absolute Gasteiger partial charge is 0.478 e. The molecule has 36 heavy (non-hydrogen) atoms. The monoisotopic (exact) mass is 504 g/mol. The lowest BCUT2D eigenvalue weighted by atomic mass is 10.0. The summed E-state index contributed by atoms with van der Waals surface area (Å²) in [5.74, 6) is -1.21. The molecule has 1 aliphatic heterocycles. The van der Waals surface area contributed by atoms with Crippen LogP contribution in [0.5, 0.6) is 0 Å². The van der Waals surface area contributed by atoms with E-state index in [-0.39, 0.29) is 17.2 Å². The smallest absolute Gasteiger partial charge is 0.335 e. The van der Waals surface area contributed by atoms with Gasteiger partial charge in [0.2, 0.25) is 0 Å². The van der Waals surface area contributed by atoms with Crippen molar-refractivity contribution < 1.29 is 19.8 Å². The van der Waals surface area contributed by atoms with Gasteiger partial charge in [0.15, 0.2) is 5.65 Å². The van der Waals surface area contributed by atoms with Gasteiger partial charge in [0, 0.05) is 24.8 Å². The summed E-state index contributed by atoms with van der Waals surface area (Å²) in [5.41, 5.74) is 1.81. The van der Waals surface area contributed by atoms with E-state index in [1.54, 1.807) is 51.9 Å². The summed E-state index contributed by atoms with van der Waals surface area (Å²) in [7, 11) is 0. The second-order valence-electron chi connectivity index (χ2n) is 9.28. The first kappa shape index (κ1) is 22.5. The Balaban J connectivity index is 1.47. The van der Waals surface area contributed by atoms with Gasteiger partial charge in [-0.3, -0.25) is 13.9 Å². The van der Waals surface area contributed by atoms with Crippen molar-refractivity contribution in [1.82, 2.24) is 19.0 Å². The molecule has 1 aliphatic carbocycles. The van der Waals surface area contributed by atoms with Crippen LogP contribution in [-0.2, 0) is 5.54 Å². The number of nitrogens with zero attached hydrogens (tertiary/aromatic N) is 4. The van der Waals surface area contributed by atoms with Crippen molar-refractivity contribution in [3.8, 4) is 5.69 Å². The van der Waals surface area contributed by atoms with E-state index in [0.29, 0.717) is 53.4 Å². The number of aromatic nitrogens is 3. The first-order valence-corrected chi connectivity index (χ1v) is 11.9. The maximum atomic E-state index is 13.9. The van der Waals surface area contributed by atoms with Crippen molar-refractivity contribution in [3.63, 3.8) is 0 Å². The standard InChI is InChI=1S/C26H21ClN4O5/c27-18-11-21-22(28-12-18)31(26(8-9-26)17-3-1-2-16(10-17)24(34)35)25(36)30(21)19-6-4-15(5-7-19)23(33)29-13-20(32)14-29/h1-7,10-12,20,32H,8-9,13-14H2,(H,34,35). The Morgan fingerprint density at radius 3 is 2.39 bits per heavy atom. The summed E-state index contributed by atoms with van der Waals surface area (Å²) in [4.78, 5) is 44.1. The average Bonchev–Trinajstić information content (AvgIpc) is 3.60. The molecule has 0 radical (unpaired) electrons. The van der Waals surface area contributed by atoms with Crippen molar-refractivity contribution in [1.29, 1.82) is 0 Å². The predicted octanol–water partition coefficient (Wildman–Crippen LogP) is 2.89. The van der Waals surface area contributed by atoms with Gasteiger partial charge in [-0.25, -0.2) is 14.6 Å². The summed E-state index contributed by atoms with van der Waals surface area (Å²) >= 11 is 6.26. The summed E-state index contributed by atoms with van der Waals surface area (Å²) < 4.78 is 3.14. The van der Waals surface area contributed by atoms with Gasteiger partial charge in [-0.05, 0) is 60.9 Å². The molecule has 0 unspecified atom stereocenters. The summed E-state index contributed by atoms with van der Waals surface area (Å²) in [6, 6.07) is 15.0. The molecule has 2 fully saturated rings. The minimum absolute atomic E-state index is 0.154. The van der Waals surface area contributed by atoms with Crippen molar-refractivity contribution in [2.45, 2.75) is 24.5 Å². The first-order valence-electron chi connectivity index (χ1n) is 11.5. The molecule has 2 N–H and O–H groups in total. The molecule has 0 bridgehead atoms. The molecule has 0 atom stereocenters. The fourth-order valence-electron chi connectivity index (χ4n) is 4.95. The van der Waals surface area contributed by atoms with Crippen LogP contribution in [0.2, 0.25) is 5.02 Å². The van der Waals surface area contributed by atoms with Crippen LogP contribution in [-0.4, -0.2) is 60.3 Å². The molecule has 1 amide bonds. The van der Waals surface area contributed by atoms with Gasteiger partial charge in [0.1, 0.15) is 0 Å². The third-order valence-electron chi connectivity index (χ3n) is 6.97. The second-order valence-corrected chi connectivity index (χ2v) is 9.71. The zero-order chi connectivity index (χ0) is 25.2. The fraction of sp³-hybridized carbons (Fsp3) is 0.231. The van der Waals surface area contributed by atoms with Crippen LogP contribution in [0.1, 0.15) is 39.1 Å². The van der Waals surface area contributed by atoms with Gasteiger partial charge in [-0.15, -0.1) is 0 Å². The third-order valence-corrected chi connectivity index (χ3v) is 7.18. The molecule has 10 heteroatoms. The van der Waals surface area contributed by atoms with Gasteiger partial charge < -0.3 is 15.1 Å². The SMILES string of the molecule is O=C(O)c1cccc(C2(n3c(=O)n(-c4ccc(C(=O)N5CC(O)C5)cc4)c4cc(Cl)cnc43)CC2)c1. The van der Waals surface area contributed by atoms with E-state index >= 15 is 0 Å². The zero-order valence-corrected chi connectivity index (χ0v) is 19.7. The highest BCUT2D eigenvalue weighted by molar-refractivity contribution is 6.31. The number of likely N-dealkylation sites (tertiary alicyclic amines) is 1. The van der Waals surface area contributed by atoms with Gasteiger partial charge in [0.25, 0.3) is 5.91 Å². The summed E-state index contributed by atoms with van der Waals surface area (Å²) in [6.07, 6.45) is 2.32. The number of hydrogen-bond acceptors (Lipinski definition) is 5. The Morgan fingerprint density at radius 2 is 1.75 bits per heavy atom. The maximum absolute atomic E-state index is 13.9. The first-order chi connectivity index (χ1) is 17.3. The molecular weight excluding hydrogens is 484 g/mol. The van der Waals surface area contributed by atoms with Gasteiger partial charge in [0.05, 0.1) is 33.4 Å². The van der Waals surface area contributed by atoms with Crippen LogP contribution in [0.4, 0.5) is 0 Å². The molecule has 6 rings (SSSR count). The molecule has 2 aromatic heterocycles. The van der Waals surface area contributed by atoms with E-state index in [1.807, 2.05) is 6.07 Å². The average molecular weight is 505 g/mol. The van der Waals surface area contributed by atoms with Crippen molar-refractivity contribution >= 4 is 34.6 Å². The normalized spacial score (nSPS) is 16.7. The number of pyridine rings is 1. The number of aromatic carboxylic acids is 1. The highest BCUT2D eigenvalue weighted by Crippen LogP contribution is 2.50. The van der Waals surface area contributed by atoms with Gasteiger partial charge in [-0.1, -0.05) is 23.7 Å². The maximum Gasteiger partial charge on any atom is 0.335 e. The number of benzene rings is 2. The highest BCUT2D eigenvalue weighted by Gasteiger charge is 2.49. The molecule has 9 nitrogen and oxygen atoms in total. The van der Waals surface area contributed by atoms with E-state index in [0.717, 1.165) is 5.56 Å². The van der Waals surface area contributed by atoms with Crippen LogP contribution in [0.15, 0.2) is 65.6 Å². The zero-order valence-electron chi connectivity index (χ0n) is 19.0. The minimum Gasteiger partial charge on any atom is -0.478 e. The Hall–Kier alpha value is -3.95. The number of carboxylic acid groups (broad SMARTS) is 1. The molecule has 0 spiro atoms. The van der Waals surface area contributed by atoms with Gasteiger partial charge in [-0.2, -0.15) is 0 Å². The number of carbonyl (C=O) groups is 2. The molecule has 1 saturated carbocycles. The van der Waals surface area contributed by atoms with Crippen LogP contribution in [0.25, 0.3) is 16.9 Å². The van der Waals surface area contributed by atoms with Crippen molar-refractivity contribution in [3.05, 3.63) is 93.0 Å². The van der Waals surface area contributed by atoms with E-state index in [2.05, 4.69) is 4.98 Å². The number of amides is 1. The number of rotatable bonds is 5. The summed E-state index contributed by atoms with van der Waals surface area (Å²) in [5, 5.41) is 19.3. The number of β-amino-alcohol motifs (C(OH)–C–C–N with tert-alkyl or cyclic N) is 1. The minimum atomic E-state index is -1.03. The molecule has 1 saturated heterocycles. The summed E-state index contributed by atoms with van der Waals surface area (Å²) in [6.45, 7) is 0.617. The molecule has 3 heterocycles. The quantitative estimate of drug-likeness (QED) is 0.431. The van der Waals surface area contributed by atoms with Crippen LogP contribution < -0.4 is 5.69 Å². The topological polar surface area (TPSA) is 118 Å². The molecule has 182 valence electrons. The van der Waals surface area contributed by atoms with Crippen LogP contribution >= 0.6 is 11.6 Å². The van der Waals surface area contributed by atoms with E-state index in [4.69, 9.17) is 11.6 Å². The lowest BCUT2D eigenvalue weighted by Gasteiger charge is -2.35. The Kier molecular flexibility index (Phi) is 5.03. The molecule has 2 aliphatic rings. The number of aliphatic hydroxyl groups excluding tert-OH is 1. The number of carbonyl (C=O) groups excluding carboxylic acids is 1. The number of halogens is 1. The predicted molar refractivity (Wildman–Crippen MR) is 132 cm³/mol. The fourth-order valence-corrected chi connectivity index (χ4v) is 5.10.